The fourth-order valence-corrected chi connectivity index (χ4v) is 3.34. The molecule has 0 N–H and O–H groups in total. The molecule has 0 amide bonds. The maximum atomic E-state index is 12.4. The molecule has 0 aliphatic carbocycles. The molecule has 0 saturated carbocycles. The van der Waals surface area contributed by atoms with Crippen molar-refractivity contribution >= 4 is 27.7 Å². The molecule has 5 nitrogen and oxygen atoms in total. The van der Waals surface area contributed by atoms with E-state index in [0.29, 0.717) is 16.9 Å². The number of esters is 1. The molecule has 0 saturated heterocycles. The predicted molar refractivity (Wildman–Crippen MR) is 111 cm³/mol. The van der Waals surface area contributed by atoms with Crippen LogP contribution >= 0.6 is 0 Å². The van der Waals surface area contributed by atoms with Gasteiger partial charge < -0.3 is 13.9 Å². The quantitative estimate of drug-likeness (QED) is 0.280. The second kappa shape index (κ2) is 7.80. The first-order chi connectivity index (χ1) is 14.0. The lowest BCUT2D eigenvalue weighted by molar-refractivity contribution is -0.152. The zero-order chi connectivity index (χ0) is 20.4. The van der Waals surface area contributed by atoms with Crippen molar-refractivity contribution in [2.75, 3.05) is 0 Å². The Morgan fingerprint density at radius 1 is 1.03 bits per heavy atom. The van der Waals surface area contributed by atoms with Gasteiger partial charge in [0.25, 0.3) is 0 Å². The lowest BCUT2D eigenvalue weighted by atomic mass is 10.0. The lowest BCUT2D eigenvalue weighted by Gasteiger charge is -2.15. The van der Waals surface area contributed by atoms with Crippen LogP contribution in [0.2, 0.25) is 0 Å². The summed E-state index contributed by atoms with van der Waals surface area (Å²) in [5.74, 6) is 0.0967. The van der Waals surface area contributed by atoms with Crippen LogP contribution in [0, 0.1) is 6.92 Å². The Kier molecular flexibility index (Phi) is 5.04. The summed E-state index contributed by atoms with van der Waals surface area (Å²) in [7, 11) is 0. The highest BCUT2D eigenvalue weighted by Gasteiger charge is 2.18. The maximum Gasteiger partial charge on any atom is 0.347 e. The minimum Gasteiger partial charge on any atom is -0.479 e. The van der Waals surface area contributed by atoms with E-state index in [-0.39, 0.29) is 6.61 Å². The van der Waals surface area contributed by atoms with Crippen LogP contribution < -0.4 is 10.4 Å². The molecule has 0 spiro atoms. The smallest absolute Gasteiger partial charge is 0.347 e. The molecule has 1 heterocycles. The zero-order valence-electron chi connectivity index (χ0n) is 16.2. The molecule has 3 aromatic carbocycles. The first-order valence-electron chi connectivity index (χ1n) is 9.36. The SMILES string of the molecule is Cc1cccc(O[C@H](C)C(=O)OCc2cc(=O)oc3ccc4ccccc4c23)c1. The van der Waals surface area contributed by atoms with Crippen LogP contribution in [0.1, 0.15) is 18.1 Å². The number of rotatable bonds is 5. The molecule has 5 heteroatoms. The molecular weight excluding hydrogens is 368 g/mol. The third kappa shape index (κ3) is 3.99. The van der Waals surface area contributed by atoms with Gasteiger partial charge in [-0.1, -0.05) is 42.5 Å². The van der Waals surface area contributed by atoms with Gasteiger partial charge in [0, 0.05) is 17.0 Å². The largest absolute Gasteiger partial charge is 0.479 e. The minimum absolute atomic E-state index is 0.0452. The Labute approximate surface area is 167 Å². The van der Waals surface area contributed by atoms with E-state index in [9.17, 15) is 9.59 Å². The number of fused-ring (bicyclic) bond motifs is 3. The number of hydrogen-bond donors (Lipinski definition) is 0. The first-order valence-corrected chi connectivity index (χ1v) is 9.36. The van der Waals surface area contributed by atoms with Crippen molar-refractivity contribution in [3.8, 4) is 5.75 Å². The van der Waals surface area contributed by atoms with E-state index in [1.54, 1.807) is 19.1 Å². The molecular formula is C24H20O5. The molecule has 29 heavy (non-hydrogen) atoms. The van der Waals surface area contributed by atoms with Crippen molar-refractivity contribution in [1.29, 1.82) is 0 Å². The molecule has 0 fully saturated rings. The van der Waals surface area contributed by atoms with E-state index in [1.807, 2.05) is 55.5 Å². The van der Waals surface area contributed by atoms with E-state index >= 15 is 0 Å². The van der Waals surface area contributed by atoms with Crippen molar-refractivity contribution < 1.29 is 18.7 Å². The highest BCUT2D eigenvalue weighted by Crippen LogP contribution is 2.28. The summed E-state index contributed by atoms with van der Waals surface area (Å²) in [4.78, 5) is 24.4. The lowest BCUT2D eigenvalue weighted by Crippen LogP contribution is -2.26. The van der Waals surface area contributed by atoms with Gasteiger partial charge in [-0.3, -0.25) is 0 Å². The van der Waals surface area contributed by atoms with Gasteiger partial charge in [-0.05, 0) is 48.4 Å². The van der Waals surface area contributed by atoms with Gasteiger partial charge in [-0.15, -0.1) is 0 Å². The molecule has 1 aromatic heterocycles. The van der Waals surface area contributed by atoms with E-state index in [4.69, 9.17) is 13.9 Å². The topological polar surface area (TPSA) is 65.7 Å². The van der Waals surface area contributed by atoms with Crippen LogP contribution in [0.3, 0.4) is 0 Å². The molecule has 0 bridgehead atoms. The third-order valence-electron chi connectivity index (χ3n) is 4.72. The molecule has 1 atom stereocenters. The highest BCUT2D eigenvalue weighted by molar-refractivity contribution is 6.07. The summed E-state index contributed by atoms with van der Waals surface area (Å²) in [6.07, 6.45) is -0.778. The van der Waals surface area contributed by atoms with Crippen molar-refractivity contribution in [1.82, 2.24) is 0 Å². The summed E-state index contributed by atoms with van der Waals surface area (Å²) in [5.41, 5.74) is 1.62. The fourth-order valence-electron chi connectivity index (χ4n) is 3.34. The molecule has 4 rings (SSSR count). The fraction of sp³-hybridized carbons (Fsp3) is 0.167. The second-order valence-corrected chi connectivity index (χ2v) is 6.93. The average molecular weight is 388 g/mol. The number of ether oxygens (including phenoxy) is 2. The Hall–Kier alpha value is -3.60. The molecule has 146 valence electrons. The summed E-state index contributed by atoms with van der Waals surface area (Å²) in [5, 5.41) is 2.71. The van der Waals surface area contributed by atoms with Crippen molar-refractivity contribution in [2.24, 2.45) is 0 Å². The van der Waals surface area contributed by atoms with Gasteiger partial charge in [0.1, 0.15) is 17.9 Å². The van der Waals surface area contributed by atoms with Crippen LogP contribution in [0.15, 0.2) is 75.9 Å². The van der Waals surface area contributed by atoms with Gasteiger partial charge >= 0.3 is 11.6 Å². The van der Waals surface area contributed by atoms with E-state index in [2.05, 4.69) is 0 Å². The highest BCUT2D eigenvalue weighted by atomic mass is 16.6. The summed E-state index contributed by atoms with van der Waals surface area (Å²) < 4.78 is 16.5. The van der Waals surface area contributed by atoms with Gasteiger partial charge in [0.05, 0.1) is 0 Å². The van der Waals surface area contributed by atoms with Gasteiger partial charge in [0.15, 0.2) is 6.10 Å². The second-order valence-electron chi connectivity index (χ2n) is 6.93. The van der Waals surface area contributed by atoms with Crippen LogP contribution in [-0.2, 0) is 16.1 Å². The zero-order valence-corrected chi connectivity index (χ0v) is 16.2. The molecule has 4 aromatic rings. The van der Waals surface area contributed by atoms with Crippen LogP contribution in [-0.4, -0.2) is 12.1 Å². The first kappa shape index (κ1) is 18.7. The van der Waals surface area contributed by atoms with Crippen molar-refractivity contribution in [3.63, 3.8) is 0 Å². The summed E-state index contributed by atoms with van der Waals surface area (Å²) in [6.45, 7) is 3.54. The Balaban J connectivity index is 1.58. The maximum absolute atomic E-state index is 12.4. The van der Waals surface area contributed by atoms with Gasteiger partial charge in [-0.25, -0.2) is 9.59 Å². The minimum atomic E-state index is -0.778. The standard InChI is InChI=1S/C24H20O5/c1-15-6-5-8-19(12-15)28-16(2)24(26)27-14-18-13-22(25)29-21-11-10-17-7-3-4-9-20(17)23(18)21/h3-13,16H,14H2,1-2H3/t16-/m1/s1. The van der Waals surface area contributed by atoms with Crippen molar-refractivity contribution in [3.05, 3.63) is 88.3 Å². The third-order valence-corrected chi connectivity index (χ3v) is 4.72. The van der Waals surface area contributed by atoms with E-state index < -0.39 is 17.7 Å². The van der Waals surface area contributed by atoms with Gasteiger partial charge in [-0.2, -0.15) is 0 Å². The number of carbonyl (C=O) groups excluding carboxylic acids is 1. The van der Waals surface area contributed by atoms with E-state index in [1.165, 1.54) is 6.07 Å². The molecule has 0 radical (unpaired) electrons. The Morgan fingerprint density at radius 3 is 2.69 bits per heavy atom. The number of hydrogen-bond acceptors (Lipinski definition) is 5. The summed E-state index contributed by atoms with van der Waals surface area (Å²) >= 11 is 0. The van der Waals surface area contributed by atoms with Crippen molar-refractivity contribution in [2.45, 2.75) is 26.6 Å². The normalized spacial score (nSPS) is 12.1. The molecule has 0 unspecified atom stereocenters. The van der Waals surface area contributed by atoms with E-state index in [0.717, 1.165) is 21.7 Å². The predicted octanol–water partition coefficient (Wildman–Crippen LogP) is 4.77. The number of carbonyl (C=O) groups is 1. The molecule has 0 aliphatic heterocycles. The Morgan fingerprint density at radius 2 is 1.86 bits per heavy atom. The monoisotopic (exact) mass is 388 g/mol. The van der Waals surface area contributed by atoms with Crippen LogP contribution in [0.4, 0.5) is 0 Å². The summed E-state index contributed by atoms with van der Waals surface area (Å²) in [6, 6.07) is 20.3. The number of aryl methyl sites for hydroxylation is 1. The average Bonchev–Trinajstić information content (AvgIpc) is 2.71. The van der Waals surface area contributed by atoms with Gasteiger partial charge in [0.2, 0.25) is 0 Å². The Bertz CT molecular complexity index is 1260. The molecule has 0 aliphatic rings. The van der Waals surface area contributed by atoms with Crippen LogP contribution in [0.5, 0.6) is 5.75 Å². The van der Waals surface area contributed by atoms with Crippen LogP contribution in [0.25, 0.3) is 21.7 Å². The number of benzene rings is 3.